The summed E-state index contributed by atoms with van der Waals surface area (Å²) >= 11 is 0. The third kappa shape index (κ3) is 5.68. The Morgan fingerprint density at radius 3 is 2.40 bits per heavy atom. The second kappa shape index (κ2) is 11.9. The van der Waals surface area contributed by atoms with Crippen molar-refractivity contribution in [3.8, 4) is 11.5 Å². The Morgan fingerprint density at radius 1 is 0.837 bits per heavy atom. The number of methoxy groups -OCH3 is 1. The molecule has 9 heteroatoms. The van der Waals surface area contributed by atoms with E-state index in [0.717, 1.165) is 34.2 Å². The first-order chi connectivity index (χ1) is 20.8. The number of urea groups is 1. The van der Waals surface area contributed by atoms with Gasteiger partial charge in [0.05, 0.1) is 17.5 Å². The fourth-order valence-corrected chi connectivity index (χ4v) is 6.78. The molecule has 220 valence electrons. The molecule has 1 aromatic heterocycles. The summed E-state index contributed by atoms with van der Waals surface area (Å²) in [5.41, 5.74) is 4.21. The molecule has 0 N–H and O–H groups in total. The topological polar surface area (TPSA) is 81.1 Å². The van der Waals surface area contributed by atoms with Crippen molar-refractivity contribution in [2.75, 3.05) is 25.1 Å². The van der Waals surface area contributed by atoms with Crippen LogP contribution in [0.25, 0.3) is 10.9 Å². The lowest BCUT2D eigenvalue weighted by atomic mass is 10.1. The maximum Gasteiger partial charge on any atom is 0.324 e. The zero-order chi connectivity index (χ0) is 30.0. The standard InChI is InChI=1S/C34H33N3O5S/c1-25-12-15-29(16-13-25)43(39,40)37-21-18-30-27(10-6-11-31(30)37)23-35-19-7-20-36(34(35)38)28-14-17-32(41-2)33(22-28)42-24-26-8-4-3-5-9-26/h3-6,8-18,21-22H,7,19-20,23-24H2,1-2H3. The zero-order valence-corrected chi connectivity index (χ0v) is 25.0. The average molecular weight is 596 g/mol. The summed E-state index contributed by atoms with van der Waals surface area (Å²) in [6, 6.07) is 29.5. The maximum absolute atomic E-state index is 13.8. The van der Waals surface area contributed by atoms with Crippen LogP contribution in [0, 0.1) is 6.92 Å². The van der Waals surface area contributed by atoms with Gasteiger partial charge in [-0.25, -0.2) is 17.2 Å². The minimum atomic E-state index is -3.77. The van der Waals surface area contributed by atoms with Crippen LogP contribution in [0.15, 0.2) is 108 Å². The van der Waals surface area contributed by atoms with E-state index in [1.807, 2.05) is 73.7 Å². The molecule has 4 aromatic carbocycles. The lowest BCUT2D eigenvalue weighted by molar-refractivity contribution is 0.192. The number of benzene rings is 4. The summed E-state index contributed by atoms with van der Waals surface area (Å²) in [7, 11) is -2.18. The Hall–Kier alpha value is -4.76. The average Bonchev–Trinajstić information content (AvgIpc) is 3.48. The maximum atomic E-state index is 13.8. The van der Waals surface area contributed by atoms with Gasteiger partial charge in [-0.1, -0.05) is 60.2 Å². The normalized spacial score (nSPS) is 13.9. The largest absolute Gasteiger partial charge is 0.493 e. The molecule has 0 spiro atoms. The molecule has 5 aromatic rings. The summed E-state index contributed by atoms with van der Waals surface area (Å²) in [5.74, 6) is 1.16. The fourth-order valence-electron chi connectivity index (χ4n) is 5.43. The SMILES string of the molecule is COc1ccc(N2CCCN(Cc3cccc4c3ccn4S(=O)(=O)c3ccc(C)cc3)C2=O)cc1OCc1ccccc1. The van der Waals surface area contributed by atoms with Crippen molar-refractivity contribution in [2.45, 2.75) is 31.4 Å². The van der Waals surface area contributed by atoms with Gasteiger partial charge in [0.15, 0.2) is 11.5 Å². The van der Waals surface area contributed by atoms with Crippen LogP contribution in [0.5, 0.6) is 11.5 Å². The van der Waals surface area contributed by atoms with Gasteiger partial charge in [-0.2, -0.15) is 0 Å². The summed E-state index contributed by atoms with van der Waals surface area (Å²) < 4.78 is 39.8. The number of carbonyl (C=O) groups is 1. The predicted molar refractivity (Wildman–Crippen MR) is 167 cm³/mol. The molecule has 0 radical (unpaired) electrons. The molecule has 1 fully saturated rings. The Balaban J connectivity index is 1.24. The molecular weight excluding hydrogens is 562 g/mol. The van der Waals surface area contributed by atoms with Gasteiger partial charge in [-0.15, -0.1) is 0 Å². The van der Waals surface area contributed by atoms with Crippen molar-refractivity contribution >= 4 is 32.6 Å². The number of aromatic nitrogens is 1. The highest BCUT2D eigenvalue weighted by molar-refractivity contribution is 7.90. The molecule has 2 amide bonds. The molecule has 1 aliphatic heterocycles. The summed E-state index contributed by atoms with van der Waals surface area (Å²) in [4.78, 5) is 17.6. The number of ether oxygens (including phenoxy) is 2. The van der Waals surface area contributed by atoms with E-state index in [2.05, 4.69) is 0 Å². The first-order valence-electron chi connectivity index (χ1n) is 14.2. The van der Waals surface area contributed by atoms with Crippen molar-refractivity contribution in [2.24, 2.45) is 0 Å². The number of nitrogens with zero attached hydrogens (tertiary/aromatic N) is 3. The second-order valence-corrected chi connectivity index (χ2v) is 12.4. The van der Waals surface area contributed by atoms with Gasteiger partial charge in [0.25, 0.3) is 10.0 Å². The highest BCUT2D eigenvalue weighted by atomic mass is 32.2. The number of carbonyl (C=O) groups excluding carboxylic acids is 1. The number of hydrogen-bond donors (Lipinski definition) is 0. The van der Waals surface area contributed by atoms with Gasteiger partial charge in [-0.3, -0.25) is 4.90 Å². The predicted octanol–water partition coefficient (Wildman–Crippen LogP) is 6.61. The van der Waals surface area contributed by atoms with Crippen molar-refractivity contribution in [3.05, 3.63) is 120 Å². The second-order valence-electron chi connectivity index (χ2n) is 10.6. The van der Waals surface area contributed by atoms with E-state index in [-0.39, 0.29) is 10.9 Å². The van der Waals surface area contributed by atoms with Gasteiger partial charge in [0.1, 0.15) is 6.61 Å². The molecule has 8 nitrogen and oxygen atoms in total. The molecule has 43 heavy (non-hydrogen) atoms. The van der Waals surface area contributed by atoms with Crippen LogP contribution < -0.4 is 14.4 Å². The molecule has 0 atom stereocenters. The number of fused-ring (bicyclic) bond motifs is 1. The smallest absolute Gasteiger partial charge is 0.324 e. The number of anilines is 1. The van der Waals surface area contributed by atoms with Crippen LogP contribution in [0.1, 0.15) is 23.1 Å². The van der Waals surface area contributed by atoms with E-state index in [1.54, 1.807) is 53.4 Å². The summed E-state index contributed by atoms with van der Waals surface area (Å²) in [6.45, 7) is 3.83. The molecule has 0 saturated carbocycles. The van der Waals surface area contributed by atoms with Crippen LogP contribution in [-0.4, -0.2) is 43.5 Å². The number of aryl methyl sites for hydroxylation is 1. The molecule has 2 heterocycles. The third-order valence-electron chi connectivity index (χ3n) is 7.73. The van der Waals surface area contributed by atoms with E-state index in [4.69, 9.17) is 9.47 Å². The van der Waals surface area contributed by atoms with Crippen molar-refractivity contribution in [1.82, 2.24) is 8.87 Å². The summed E-state index contributed by atoms with van der Waals surface area (Å²) in [6.07, 6.45) is 2.37. The van der Waals surface area contributed by atoms with Crippen molar-refractivity contribution < 1.29 is 22.7 Å². The Labute approximate surface area is 251 Å². The van der Waals surface area contributed by atoms with Gasteiger partial charge >= 0.3 is 6.03 Å². The first-order valence-corrected chi connectivity index (χ1v) is 15.6. The number of amides is 2. The van der Waals surface area contributed by atoms with Crippen molar-refractivity contribution in [3.63, 3.8) is 0 Å². The first kappa shape index (κ1) is 28.4. The van der Waals surface area contributed by atoms with Gasteiger partial charge in [0, 0.05) is 43.0 Å². The monoisotopic (exact) mass is 595 g/mol. The van der Waals surface area contributed by atoms with Crippen LogP contribution >= 0.6 is 0 Å². The van der Waals surface area contributed by atoms with E-state index >= 15 is 0 Å². The molecule has 6 rings (SSSR count). The van der Waals surface area contributed by atoms with E-state index < -0.39 is 10.0 Å². The zero-order valence-electron chi connectivity index (χ0n) is 24.1. The molecule has 0 aliphatic carbocycles. The minimum absolute atomic E-state index is 0.117. The molecule has 0 bridgehead atoms. The van der Waals surface area contributed by atoms with Crippen LogP contribution in [0.3, 0.4) is 0 Å². The van der Waals surface area contributed by atoms with Crippen LogP contribution in [0.2, 0.25) is 0 Å². The minimum Gasteiger partial charge on any atom is -0.493 e. The number of rotatable bonds is 9. The van der Waals surface area contributed by atoms with E-state index in [9.17, 15) is 13.2 Å². The van der Waals surface area contributed by atoms with Crippen molar-refractivity contribution in [1.29, 1.82) is 0 Å². The van der Waals surface area contributed by atoms with E-state index in [0.29, 0.717) is 43.3 Å². The van der Waals surface area contributed by atoms with E-state index in [1.165, 1.54) is 3.97 Å². The van der Waals surface area contributed by atoms with Crippen LogP contribution in [-0.2, 0) is 23.2 Å². The van der Waals surface area contributed by atoms with Gasteiger partial charge < -0.3 is 14.4 Å². The molecule has 1 saturated heterocycles. The lowest BCUT2D eigenvalue weighted by Gasteiger charge is -2.36. The highest BCUT2D eigenvalue weighted by Gasteiger charge is 2.28. The lowest BCUT2D eigenvalue weighted by Crippen LogP contribution is -2.49. The molecular formula is C34H33N3O5S. The Bertz CT molecular complexity index is 1870. The third-order valence-corrected chi connectivity index (χ3v) is 9.44. The highest BCUT2D eigenvalue weighted by Crippen LogP contribution is 2.34. The molecule has 0 unspecified atom stereocenters. The van der Waals surface area contributed by atoms with Gasteiger partial charge in [-0.05, 0) is 60.9 Å². The molecule has 1 aliphatic rings. The van der Waals surface area contributed by atoms with Crippen LogP contribution in [0.4, 0.5) is 10.5 Å². The summed E-state index contributed by atoms with van der Waals surface area (Å²) in [5, 5.41) is 0.796. The Kier molecular flexibility index (Phi) is 7.82. The Morgan fingerprint density at radius 2 is 1.63 bits per heavy atom. The fraction of sp³-hybridized carbons (Fsp3) is 0.206. The van der Waals surface area contributed by atoms with Gasteiger partial charge in [0.2, 0.25) is 0 Å². The quantitative estimate of drug-likeness (QED) is 0.192. The number of hydrogen-bond acceptors (Lipinski definition) is 5.